The lowest BCUT2D eigenvalue weighted by molar-refractivity contribution is 0.969. The molecule has 0 radical (unpaired) electrons. The van der Waals surface area contributed by atoms with Crippen LogP contribution in [0.2, 0.25) is 0 Å². The molecule has 0 aliphatic carbocycles. The van der Waals surface area contributed by atoms with E-state index in [2.05, 4.69) is 0 Å². The molecule has 10 heavy (non-hydrogen) atoms. The zero-order valence-corrected chi connectivity index (χ0v) is 8.26. The highest BCUT2D eigenvalue weighted by Crippen LogP contribution is 1.77. The van der Waals surface area contributed by atoms with E-state index in [4.69, 9.17) is 5.26 Å². The molecule has 0 rings (SSSR count). The van der Waals surface area contributed by atoms with Gasteiger partial charge in [0.05, 0.1) is 6.07 Å². The Hall–Kier alpha value is 0.867. The monoisotopic (exact) mass is 245 g/mol. The van der Waals surface area contributed by atoms with E-state index in [0.717, 1.165) is 6.42 Å². The molecular formula is C4H15Cl4NSi. The van der Waals surface area contributed by atoms with Crippen molar-refractivity contribution in [2.75, 3.05) is 0 Å². The Morgan fingerprint density at radius 1 is 1.10 bits per heavy atom. The van der Waals surface area contributed by atoms with Gasteiger partial charge in [-0.2, -0.15) is 5.26 Å². The van der Waals surface area contributed by atoms with Gasteiger partial charge in [-0.1, -0.05) is 6.92 Å². The normalized spacial score (nSPS) is 3.20. The third-order valence-corrected chi connectivity index (χ3v) is 0.362. The SMILES string of the molecule is CCCC#N.Cl.Cl.Cl.Cl.[SiH4]. The number of nitriles is 1. The first-order valence-electron chi connectivity index (χ1n) is 1.78. The molecule has 1 nitrogen and oxygen atoms in total. The van der Waals surface area contributed by atoms with Crippen molar-refractivity contribution in [3.63, 3.8) is 0 Å². The second-order valence-corrected chi connectivity index (χ2v) is 0.908. The summed E-state index contributed by atoms with van der Waals surface area (Å²) in [6.45, 7) is 1.99. The lowest BCUT2D eigenvalue weighted by Gasteiger charge is -1.65. The van der Waals surface area contributed by atoms with Crippen LogP contribution in [0.15, 0.2) is 0 Å². The molecule has 0 bridgehead atoms. The van der Waals surface area contributed by atoms with E-state index >= 15 is 0 Å². The molecular weight excluding hydrogens is 232 g/mol. The van der Waals surface area contributed by atoms with E-state index in [-0.39, 0.29) is 60.6 Å². The van der Waals surface area contributed by atoms with Gasteiger partial charge in [0.15, 0.2) is 0 Å². The molecule has 0 aliphatic heterocycles. The molecule has 0 aromatic rings. The van der Waals surface area contributed by atoms with Gasteiger partial charge in [0, 0.05) is 6.42 Å². The van der Waals surface area contributed by atoms with Gasteiger partial charge in [0.2, 0.25) is 0 Å². The molecule has 0 amide bonds. The van der Waals surface area contributed by atoms with Gasteiger partial charge < -0.3 is 0 Å². The highest BCUT2D eigenvalue weighted by Gasteiger charge is 1.65. The van der Waals surface area contributed by atoms with Crippen LogP contribution in [-0.2, 0) is 0 Å². The van der Waals surface area contributed by atoms with Gasteiger partial charge >= 0.3 is 0 Å². The maximum Gasteiger partial charge on any atom is 0.0621 e. The van der Waals surface area contributed by atoms with Crippen LogP contribution in [0, 0.1) is 11.3 Å². The summed E-state index contributed by atoms with van der Waals surface area (Å²) in [5, 5.41) is 7.82. The Morgan fingerprint density at radius 2 is 1.40 bits per heavy atom. The van der Waals surface area contributed by atoms with Gasteiger partial charge in [0.1, 0.15) is 0 Å². The van der Waals surface area contributed by atoms with E-state index in [1.54, 1.807) is 0 Å². The average Bonchev–Trinajstić information content (AvgIpc) is 1.41. The molecule has 0 atom stereocenters. The van der Waals surface area contributed by atoms with Crippen molar-refractivity contribution in [2.24, 2.45) is 0 Å². The summed E-state index contributed by atoms with van der Waals surface area (Å²) in [5.41, 5.74) is 0. The first kappa shape index (κ1) is 44.7. The maximum absolute atomic E-state index is 7.82. The Labute approximate surface area is 91.6 Å². The summed E-state index contributed by atoms with van der Waals surface area (Å²) in [6, 6.07) is 2.02. The zero-order chi connectivity index (χ0) is 4.12. The second-order valence-electron chi connectivity index (χ2n) is 0.908. The van der Waals surface area contributed by atoms with Crippen LogP contribution in [0.3, 0.4) is 0 Å². The zero-order valence-electron chi connectivity index (χ0n) is 4.99. The van der Waals surface area contributed by atoms with E-state index in [9.17, 15) is 0 Å². The summed E-state index contributed by atoms with van der Waals surface area (Å²) < 4.78 is 0. The third kappa shape index (κ3) is 66.8. The summed E-state index contributed by atoms with van der Waals surface area (Å²) in [6.07, 6.45) is 1.68. The van der Waals surface area contributed by atoms with Crippen molar-refractivity contribution in [1.29, 1.82) is 5.26 Å². The van der Waals surface area contributed by atoms with Crippen LogP contribution in [0.1, 0.15) is 19.8 Å². The average molecular weight is 247 g/mol. The van der Waals surface area contributed by atoms with Gasteiger partial charge in [-0.3, -0.25) is 0 Å². The molecule has 0 aliphatic rings. The fraction of sp³-hybridized carbons (Fsp3) is 0.750. The molecule has 0 spiro atoms. The molecule has 0 aromatic carbocycles. The minimum absolute atomic E-state index is 0. The Morgan fingerprint density at radius 3 is 1.40 bits per heavy atom. The largest absolute Gasteiger partial charge is 0.198 e. The second kappa shape index (κ2) is 51.9. The van der Waals surface area contributed by atoms with Crippen molar-refractivity contribution in [2.45, 2.75) is 19.8 Å². The van der Waals surface area contributed by atoms with Gasteiger partial charge in [-0.15, -0.1) is 49.6 Å². The van der Waals surface area contributed by atoms with Crippen LogP contribution in [-0.4, -0.2) is 11.0 Å². The standard InChI is InChI=1S/C4H7N.4ClH.H4Si/c1-2-3-4-5;;;;;/h2-3H2,1H3;4*1H;1H4. The first-order chi connectivity index (χ1) is 2.41. The summed E-state index contributed by atoms with van der Waals surface area (Å²) >= 11 is 0. The van der Waals surface area contributed by atoms with E-state index < -0.39 is 0 Å². The van der Waals surface area contributed by atoms with E-state index in [1.165, 1.54) is 0 Å². The summed E-state index contributed by atoms with van der Waals surface area (Å²) in [7, 11) is 0. The van der Waals surface area contributed by atoms with Crippen LogP contribution in [0.5, 0.6) is 0 Å². The van der Waals surface area contributed by atoms with Crippen LogP contribution in [0.4, 0.5) is 0 Å². The number of nitrogens with zero attached hydrogens (tertiary/aromatic N) is 1. The smallest absolute Gasteiger partial charge is 0.0621 e. The maximum atomic E-state index is 7.82. The third-order valence-electron chi connectivity index (χ3n) is 0.362. The van der Waals surface area contributed by atoms with Crippen LogP contribution in [0.25, 0.3) is 0 Å². The molecule has 0 aromatic heterocycles. The first-order valence-corrected chi connectivity index (χ1v) is 1.78. The fourth-order valence-electron chi connectivity index (χ4n) is 0.112. The van der Waals surface area contributed by atoms with E-state index in [0.29, 0.717) is 6.42 Å². The molecule has 0 unspecified atom stereocenters. The summed E-state index contributed by atoms with van der Waals surface area (Å²) in [5.74, 6) is 0. The molecule has 0 fully saturated rings. The highest BCUT2D eigenvalue weighted by atomic mass is 35.5. The quantitative estimate of drug-likeness (QED) is 0.645. The van der Waals surface area contributed by atoms with E-state index in [1.807, 2.05) is 13.0 Å². The number of rotatable bonds is 1. The van der Waals surface area contributed by atoms with Crippen molar-refractivity contribution < 1.29 is 0 Å². The molecule has 68 valence electrons. The van der Waals surface area contributed by atoms with Crippen molar-refractivity contribution in [3.8, 4) is 6.07 Å². The molecule has 0 saturated carbocycles. The van der Waals surface area contributed by atoms with Gasteiger partial charge in [0.25, 0.3) is 0 Å². The van der Waals surface area contributed by atoms with Gasteiger partial charge in [-0.25, -0.2) is 0 Å². The van der Waals surface area contributed by atoms with Crippen molar-refractivity contribution in [3.05, 3.63) is 0 Å². The number of hydrogen-bond donors (Lipinski definition) is 0. The lowest BCUT2D eigenvalue weighted by Crippen LogP contribution is -1.53. The minimum atomic E-state index is 0. The molecule has 0 N–H and O–H groups in total. The Bertz CT molecular complexity index is 55.7. The molecule has 0 saturated heterocycles. The minimum Gasteiger partial charge on any atom is -0.198 e. The van der Waals surface area contributed by atoms with Crippen LogP contribution >= 0.6 is 49.6 Å². The molecule has 6 heteroatoms. The Balaban J connectivity index is -0.00000000800. The van der Waals surface area contributed by atoms with Crippen molar-refractivity contribution >= 4 is 60.6 Å². The number of halogens is 4. The predicted octanol–water partition coefficient (Wildman–Crippen LogP) is 1.55. The lowest BCUT2D eigenvalue weighted by atomic mass is 10.4. The van der Waals surface area contributed by atoms with Crippen molar-refractivity contribution in [1.82, 2.24) is 0 Å². The highest BCUT2D eigenvalue weighted by molar-refractivity contribution is 5.86. The fourth-order valence-corrected chi connectivity index (χ4v) is 0.112. The topological polar surface area (TPSA) is 23.8 Å². The summed E-state index contributed by atoms with van der Waals surface area (Å²) in [4.78, 5) is 0. The predicted molar refractivity (Wildman–Crippen MR) is 60.8 cm³/mol. The number of unbranched alkanes of at least 4 members (excludes halogenated alkanes) is 1. The van der Waals surface area contributed by atoms with Crippen LogP contribution < -0.4 is 0 Å². The molecule has 0 heterocycles. The Kier molecular flexibility index (Phi) is 232. The van der Waals surface area contributed by atoms with Gasteiger partial charge in [-0.05, 0) is 17.4 Å². The number of hydrogen-bond acceptors (Lipinski definition) is 1.